The van der Waals surface area contributed by atoms with Gasteiger partial charge in [-0.3, -0.25) is 4.79 Å². The van der Waals surface area contributed by atoms with Crippen LogP contribution < -0.4 is 5.32 Å². The van der Waals surface area contributed by atoms with E-state index in [1.54, 1.807) is 32.9 Å². The minimum Gasteiger partial charge on any atom is -0.462 e. The number of carbonyl (C=O) groups excluding carboxylic acids is 2. The van der Waals surface area contributed by atoms with Crippen molar-refractivity contribution in [3.05, 3.63) is 48.0 Å². The molecule has 7 nitrogen and oxygen atoms in total. The highest BCUT2D eigenvalue weighted by molar-refractivity contribution is 5.68. The normalized spacial score (nSPS) is 13.8. The molecule has 1 aromatic carbocycles. The van der Waals surface area contributed by atoms with Gasteiger partial charge in [-0.1, -0.05) is 36.4 Å². The van der Waals surface area contributed by atoms with Gasteiger partial charge in [0.25, 0.3) is 0 Å². The van der Waals surface area contributed by atoms with E-state index >= 15 is 0 Å². The van der Waals surface area contributed by atoms with Crippen molar-refractivity contribution in [2.24, 2.45) is 0 Å². The van der Waals surface area contributed by atoms with E-state index in [1.165, 1.54) is 6.92 Å². The second-order valence-corrected chi connectivity index (χ2v) is 6.93. The molecule has 2 N–H and O–H groups in total. The van der Waals surface area contributed by atoms with Crippen LogP contribution in [0.4, 0.5) is 4.79 Å². The van der Waals surface area contributed by atoms with Gasteiger partial charge in [-0.2, -0.15) is 0 Å². The third-order valence-corrected chi connectivity index (χ3v) is 3.29. The minimum atomic E-state index is -0.725. The SMILES string of the molecule is CC(=O)OC/C=C\[C@@H](OCc1ccccc1)[C@H](CO)NC(=O)OC(C)(C)C. The first-order chi connectivity index (χ1) is 12.7. The van der Waals surface area contributed by atoms with E-state index in [0.717, 1.165) is 5.56 Å². The average molecular weight is 379 g/mol. The maximum Gasteiger partial charge on any atom is 0.408 e. The fraction of sp³-hybridized carbons (Fsp3) is 0.500. The number of nitrogens with one attached hydrogen (secondary N) is 1. The number of hydrogen-bond donors (Lipinski definition) is 2. The summed E-state index contributed by atoms with van der Waals surface area (Å²) in [5, 5.41) is 12.3. The topological polar surface area (TPSA) is 94.1 Å². The third-order valence-electron chi connectivity index (χ3n) is 3.29. The minimum absolute atomic E-state index is 0.0745. The Labute approximate surface area is 160 Å². The lowest BCUT2D eigenvalue weighted by atomic mass is 10.1. The van der Waals surface area contributed by atoms with E-state index in [9.17, 15) is 14.7 Å². The second-order valence-electron chi connectivity index (χ2n) is 6.93. The van der Waals surface area contributed by atoms with E-state index < -0.39 is 29.8 Å². The van der Waals surface area contributed by atoms with Gasteiger partial charge in [0.1, 0.15) is 12.2 Å². The van der Waals surface area contributed by atoms with Crippen LogP contribution in [0.5, 0.6) is 0 Å². The number of amides is 1. The Morgan fingerprint density at radius 3 is 2.44 bits per heavy atom. The van der Waals surface area contributed by atoms with Gasteiger partial charge < -0.3 is 24.6 Å². The van der Waals surface area contributed by atoms with Gasteiger partial charge in [0, 0.05) is 6.92 Å². The van der Waals surface area contributed by atoms with Gasteiger partial charge >= 0.3 is 12.1 Å². The number of rotatable bonds is 9. The molecule has 0 spiro atoms. The lowest BCUT2D eigenvalue weighted by Gasteiger charge is -2.27. The number of ether oxygens (including phenoxy) is 3. The van der Waals surface area contributed by atoms with Gasteiger partial charge in [-0.05, 0) is 32.4 Å². The zero-order valence-electron chi connectivity index (χ0n) is 16.3. The Morgan fingerprint density at radius 1 is 1.22 bits per heavy atom. The van der Waals surface area contributed by atoms with Crippen molar-refractivity contribution >= 4 is 12.1 Å². The molecule has 27 heavy (non-hydrogen) atoms. The van der Waals surface area contributed by atoms with E-state index in [0.29, 0.717) is 0 Å². The molecule has 0 heterocycles. The first-order valence-corrected chi connectivity index (χ1v) is 8.77. The van der Waals surface area contributed by atoms with Crippen LogP contribution in [0.1, 0.15) is 33.3 Å². The summed E-state index contributed by atoms with van der Waals surface area (Å²) in [4.78, 5) is 22.9. The first-order valence-electron chi connectivity index (χ1n) is 8.77. The molecule has 0 aliphatic carbocycles. The molecule has 1 aromatic rings. The van der Waals surface area contributed by atoms with Crippen LogP contribution in [-0.4, -0.2) is 48.1 Å². The monoisotopic (exact) mass is 379 g/mol. The molecule has 0 aromatic heterocycles. The highest BCUT2D eigenvalue weighted by Gasteiger charge is 2.24. The van der Waals surface area contributed by atoms with Crippen LogP contribution in [0.25, 0.3) is 0 Å². The Hall–Kier alpha value is -2.38. The number of alkyl carbamates (subject to hydrolysis) is 1. The van der Waals surface area contributed by atoms with Crippen molar-refractivity contribution in [1.29, 1.82) is 0 Å². The van der Waals surface area contributed by atoms with E-state index in [2.05, 4.69) is 5.32 Å². The maximum absolute atomic E-state index is 12.0. The van der Waals surface area contributed by atoms with Crippen molar-refractivity contribution in [1.82, 2.24) is 5.32 Å². The Kier molecular flexibility index (Phi) is 9.53. The Balaban J connectivity index is 2.78. The number of aliphatic hydroxyl groups is 1. The largest absolute Gasteiger partial charge is 0.462 e. The summed E-state index contributed by atoms with van der Waals surface area (Å²) < 4.78 is 16.0. The molecule has 0 saturated heterocycles. The first kappa shape index (κ1) is 22.7. The molecule has 1 rings (SSSR count). The van der Waals surface area contributed by atoms with Crippen molar-refractivity contribution < 1.29 is 28.9 Å². The van der Waals surface area contributed by atoms with E-state index in [1.807, 2.05) is 30.3 Å². The maximum atomic E-state index is 12.0. The molecule has 0 fully saturated rings. The third kappa shape index (κ3) is 10.4. The number of aliphatic hydroxyl groups excluding tert-OH is 1. The lowest BCUT2D eigenvalue weighted by molar-refractivity contribution is -0.139. The van der Waals surface area contributed by atoms with Crippen molar-refractivity contribution in [2.45, 2.75) is 52.0 Å². The Morgan fingerprint density at radius 2 is 1.89 bits per heavy atom. The number of esters is 1. The zero-order chi connectivity index (χ0) is 20.3. The summed E-state index contributed by atoms with van der Waals surface area (Å²) in [6.45, 7) is 6.59. The number of benzene rings is 1. The van der Waals surface area contributed by atoms with Gasteiger partial charge in [-0.25, -0.2) is 4.79 Å². The zero-order valence-corrected chi connectivity index (χ0v) is 16.3. The molecule has 7 heteroatoms. The fourth-order valence-electron chi connectivity index (χ4n) is 2.12. The summed E-state index contributed by atoms with van der Waals surface area (Å²) in [6.07, 6.45) is 1.96. The molecular weight excluding hydrogens is 350 g/mol. The molecule has 0 unspecified atom stereocenters. The molecule has 0 saturated carbocycles. The summed E-state index contributed by atoms with van der Waals surface area (Å²) in [5.74, 6) is -0.396. The van der Waals surface area contributed by atoms with E-state index in [4.69, 9.17) is 14.2 Å². The van der Waals surface area contributed by atoms with Crippen molar-refractivity contribution in [3.8, 4) is 0 Å². The summed E-state index contributed by atoms with van der Waals surface area (Å²) in [5.41, 5.74) is 0.292. The molecule has 0 aliphatic heterocycles. The number of carbonyl (C=O) groups is 2. The predicted molar refractivity (Wildman–Crippen MR) is 101 cm³/mol. The highest BCUT2D eigenvalue weighted by atomic mass is 16.6. The molecule has 150 valence electrons. The smallest absolute Gasteiger partial charge is 0.408 e. The summed E-state index contributed by atoms with van der Waals surface area (Å²) in [6, 6.07) is 8.79. The van der Waals surface area contributed by atoms with Gasteiger partial charge in [0.15, 0.2) is 0 Å². The number of hydrogen-bond acceptors (Lipinski definition) is 6. The van der Waals surface area contributed by atoms with Crippen LogP contribution in [0.15, 0.2) is 42.5 Å². The summed E-state index contributed by atoms with van der Waals surface area (Å²) in [7, 11) is 0. The van der Waals surface area contributed by atoms with Crippen molar-refractivity contribution in [2.75, 3.05) is 13.2 Å². The summed E-state index contributed by atoms with van der Waals surface area (Å²) >= 11 is 0. The van der Waals surface area contributed by atoms with Gasteiger partial charge in [-0.15, -0.1) is 0 Å². The van der Waals surface area contributed by atoms with Gasteiger partial charge in [0.2, 0.25) is 0 Å². The predicted octanol–water partition coefficient (Wildman–Crippen LogP) is 2.58. The Bertz CT molecular complexity index is 609. The second kappa shape index (κ2) is 11.4. The van der Waals surface area contributed by atoms with Crippen LogP contribution in [-0.2, 0) is 25.6 Å². The standard InChI is InChI=1S/C20H29NO6/c1-15(23)25-12-8-11-18(26-14-16-9-6-5-7-10-16)17(13-22)21-19(24)27-20(2,3)4/h5-11,17-18,22H,12-14H2,1-4H3,(H,21,24)/b11-8-/t17-,18+/m0/s1. The van der Waals surface area contributed by atoms with Crippen LogP contribution >= 0.6 is 0 Å². The van der Waals surface area contributed by atoms with Crippen molar-refractivity contribution in [3.63, 3.8) is 0 Å². The molecule has 0 bridgehead atoms. The quantitative estimate of drug-likeness (QED) is 0.506. The van der Waals surface area contributed by atoms with Gasteiger partial charge in [0.05, 0.1) is 25.4 Å². The molecule has 0 aliphatic rings. The molecule has 1 amide bonds. The average Bonchev–Trinajstić information content (AvgIpc) is 2.58. The molecule has 2 atom stereocenters. The highest BCUT2D eigenvalue weighted by Crippen LogP contribution is 2.11. The lowest BCUT2D eigenvalue weighted by Crippen LogP contribution is -2.47. The van der Waals surface area contributed by atoms with Crippen LogP contribution in [0.3, 0.4) is 0 Å². The molecular formula is C20H29NO6. The molecule has 0 radical (unpaired) electrons. The van der Waals surface area contributed by atoms with E-state index in [-0.39, 0.29) is 19.8 Å². The fourth-order valence-corrected chi connectivity index (χ4v) is 2.12. The van der Waals surface area contributed by atoms with Crippen LogP contribution in [0, 0.1) is 0 Å². The van der Waals surface area contributed by atoms with Crippen LogP contribution in [0.2, 0.25) is 0 Å².